The highest BCUT2D eigenvalue weighted by Crippen LogP contribution is 2.39. The highest BCUT2D eigenvalue weighted by molar-refractivity contribution is 5.38. The second-order valence-electron chi connectivity index (χ2n) is 8.22. The van der Waals surface area contributed by atoms with Gasteiger partial charge in [0, 0.05) is 5.41 Å². The van der Waals surface area contributed by atoms with Crippen molar-refractivity contribution in [1.82, 2.24) is 0 Å². The quantitative estimate of drug-likeness (QED) is 0.499. The van der Waals surface area contributed by atoms with Gasteiger partial charge in [-0.1, -0.05) is 54.6 Å². The molecule has 0 unspecified atom stereocenters. The molecule has 0 heterocycles. The van der Waals surface area contributed by atoms with Gasteiger partial charge in [0.1, 0.15) is 17.2 Å². The Bertz CT molecular complexity index is 995. The van der Waals surface area contributed by atoms with E-state index in [0.29, 0.717) is 0 Å². The van der Waals surface area contributed by atoms with Crippen LogP contribution < -0.4 is 0 Å². The van der Waals surface area contributed by atoms with Crippen molar-refractivity contribution in [3.8, 4) is 17.2 Å². The van der Waals surface area contributed by atoms with E-state index in [0.717, 1.165) is 31.2 Å². The van der Waals surface area contributed by atoms with Crippen LogP contribution in [-0.2, 0) is 19.3 Å². The van der Waals surface area contributed by atoms with E-state index in [1.165, 1.54) is 16.7 Å². The van der Waals surface area contributed by atoms with Crippen LogP contribution in [0.5, 0.6) is 17.2 Å². The predicted octanol–water partition coefficient (Wildman–Crippen LogP) is 5.70. The van der Waals surface area contributed by atoms with Crippen LogP contribution in [0.2, 0.25) is 0 Å². The maximum Gasteiger partial charge on any atom is 0.115 e. The molecule has 3 N–H and O–H groups in total. The van der Waals surface area contributed by atoms with E-state index < -0.39 is 0 Å². The minimum Gasteiger partial charge on any atom is -0.508 e. The van der Waals surface area contributed by atoms with Crippen LogP contribution in [0, 0.1) is 5.41 Å². The summed E-state index contributed by atoms with van der Waals surface area (Å²) in [5.74, 6) is 0.831. The molecule has 4 rings (SSSR count). The van der Waals surface area contributed by atoms with Crippen LogP contribution in [0.15, 0.2) is 96.6 Å². The fourth-order valence-electron chi connectivity index (χ4n) is 4.25. The first kappa shape index (κ1) is 19.8. The number of rotatable bonds is 6. The molecule has 0 bridgehead atoms. The lowest BCUT2D eigenvalue weighted by molar-refractivity contribution is 0.373. The zero-order chi connectivity index (χ0) is 21.0. The molecule has 0 spiro atoms. The van der Waals surface area contributed by atoms with Crippen LogP contribution in [0.4, 0.5) is 0 Å². The monoisotopic (exact) mass is 398 g/mol. The van der Waals surface area contributed by atoms with Gasteiger partial charge in [0.05, 0.1) is 0 Å². The van der Waals surface area contributed by atoms with Crippen LogP contribution in [0.25, 0.3) is 0 Å². The minimum atomic E-state index is -0.0883. The van der Waals surface area contributed by atoms with E-state index in [1.54, 1.807) is 36.4 Å². The van der Waals surface area contributed by atoms with Gasteiger partial charge in [-0.25, -0.2) is 0 Å². The smallest absolute Gasteiger partial charge is 0.115 e. The van der Waals surface area contributed by atoms with Gasteiger partial charge in [0.2, 0.25) is 0 Å². The Morgan fingerprint density at radius 3 is 1.50 bits per heavy atom. The highest BCUT2D eigenvalue weighted by Gasteiger charge is 2.30. The van der Waals surface area contributed by atoms with Crippen molar-refractivity contribution < 1.29 is 15.3 Å². The number of hydrogen-bond acceptors (Lipinski definition) is 3. The third-order valence-corrected chi connectivity index (χ3v) is 5.68. The summed E-state index contributed by atoms with van der Waals surface area (Å²) >= 11 is 0. The zero-order valence-electron chi connectivity index (χ0n) is 16.8. The topological polar surface area (TPSA) is 60.7 Å². The highest BCUT2D eigenvalue weighted by atomic mass is 16.3. The lowest BCUT2D eigenvalue weighted by Crippen LogP contribution is -2.26. The fourth-order valence-corrected chi connectivity index (χ4v) is 4.25. The largest absolute Gasteiger partial charge is 0.508 e. The van der Waals surface area contributed by atoms with Gasteiger partial charge in [-0.05, 0) is 84.3 Å². The third-order valence-electron chi connectivity index (χ3n) is 5.68. The molecule has 0 saturated carbocycles. The van der Waals surface area contributed by atoms with Gasteiger partial charge in [-0.15, -0.1) is 0 Å². The van der Waals surface area contributed by atoms with Crippen LogP contribution in [0.3, 0.4) is 0 Å². The molecule has 0 aromatic heterocycles. The summed E-state index contributed by atoms with van der Waals surface area (Å²) in [5.41, 5.74) is 4.69. The number of phenols is 3. The summed E-state index contributed by atoms with van der Waals surface area (Å²) in [6.45, 7) is 0. The van der Waals surface area contributed by atoms with Crippen molar-refractivity contribution in [3.05, 3.63) is 113 Å². The van der Waals surface area contributed by atoms with Crippen LogP contribution >= 0.6 is 0 Å². The predicted molar refractivity (Wildman–Crippen MR) is 120 cm³/mol. The lowest BCUT2D eigenvalue weighted by atomic mass is 9.70. The normalized spacial score (nSPS) is 15.0. The average Bonchev–Trinajstić information content (AvgIpc) is 2.73. The third kappa shape index (κ3) is 4.93. The summed E-state index contributed by atoms with van der Waals surface area (Å²) in [7, 11) is 0. The Morgan fingerprint density at radius 2 is 1.03 bits per heavy atom. The van der Waals surface area contributed by atoms with E-state index >= 15 is 0 Å². The lowest BCUT2D eigenvalue weighted by Gasteiger charge is -2.34. The van der Waals surface area contributed by atoms with Gasteiger partial charge in [0.15, 0.2) is 0 Å². The average molecular weight is 399 g/mol. The van der Waals surface area contributed by atoms with E-state index in [4.69, 9.17) is 0 Å². The molecule has 3 heteroatoms. The molecular formula is C27H26O3. The number of phenolic OH excluding ortho intramolecular Hbond substituents is 3. The number of benzene rings is 3. The van der Waals surface area contributed by atoms with Gasteiger partial charge < -0.3 is 15.3 Å². The molecule has 0 radical (unpaired) electrons. The fraction of sp³-hybridized carbons (Fsp3) is 0.185. The van der Waals surface area contributed by atoms with Crippen LogP contribution in [-0.4, -0.2) is 15.3 Å². The number of aromatic hydroxyl groups is 3. The summed E-state index contributed by atoms with van der Waals surface area (Å²) < 4.78 is 0. The Morgan fingerprint density at radius 1 is 0.600 bits per heavy atom. The zero-order valence-corrected chi connectivity index (χ0v) is 16.8. The molecule has 0 atom stereocenters. The first-order valence-corrected chi connectivity index (χ1v) is 10.2. The van der Waals surface area contributed by atoms with Crippen molar-refractivity contribution in [2.24, 2.45) is 5.41 Å². The molecule has 1 aliphatic rings. The molecule has 0 saturated heterocycles. The minimum absolute atomic E-state index is 0.0883. The SMILES string of the molecule is Oc1ccc(CC2=CC(Cc3ccc(O)cc3)(Cc3ccc(O)cc3)CC=C2)cc1. The first-order chi connectivity index (χ1) is 14.5. The standard InChI is InChI=1S/C27H26O3/c28-24-9-3-20(4-10-24)16-23-2-1-15-27(19-23,17-21-5-11-25(29)12-6-21)18-22-7-13-26(30)14-8-22/h1-14,19,28-30H,15-18H2. The van der Waals surface area contributed by atoms with Crippen molar-refractivity contribution in [2.75, 3.05) is 0 Å². The number of allylic oxidation sites excluding steroid dienone is 4. The Labute approximate surface area is 177 Å². The Balaban J connectivity index is 1.65. The summed E-state index contributed by atoms with van der Waals surface area (Å²) in [6.07, 6.45) is 10.3. The van der Waals surface area contributed by atoms with Crippen LogP contribution in [0.1, 0.15) is 23.1 Å². The van der Waals surface area contributed by atoms with Crippen molar-refractivity contribution in [2.45, 2.75) is 25.7 Å². The molecule has 30 heavy (non-hydrogen) atoms. The molecule has 3 aromatic carbocycles. The van der Waals surface area contributed by atoms with Gasteiger partial charge in [0.25, 0.3) is 0 Å². The molecule has 0 amide bonds. The molecule has 152 valence electrons. The van der Waals surface area contributed by atoms with E-state index in [2.05, 4.69) is 18.2 Å². The van der Waals surface area contributed by atoms with Gasteiger partial charge >= 0.3 is 0 Å². The second-order valence-corrected chi connectivity index (χ2v) is 8.22. The molecule has 3 aromatic rings. The van der Waals surface area contributed by atoms with Gasteiger partial charge in [-0.3, -0.25) is 0 Å². The molecule has 1 aliphatic carbocycles. The maximum absolute atomic E-state index is 9.65. The summed E-state index contributed by atoms with van der Waals surface area (Å²) in [4.78, 5) is 0. The Kier molecular flexibility index (Phi) is 5.62. The first-order valence-electron chi connectivity index (χ1n) is 10.2. The number of hydrogen-bond donors (Lipinski definition) is 3. The van der Waals surface area contributed by atoms with Crippen molar-refractivity contribution in [3.63, 3.8) is 0 Å². The Hall–Kier alpha value is -3.46. The van der Waals surface area contributed by atoms with Gasteiger partial charge in [-0.2, -0.15) is 0 Å². The van der Waals surface area contributed by atoms with E-state index in [1.807, 2.05) is 36.4 Å². The van der Waals surface area contributed by atoms with E-state index in [-0.39, 0.29) is 22.7 Å². The van der Waals surface area contributed by atoms with Crippen molar-refractivity contribution in [1.29, 1.82) is 0 Å². The molecular weight excluding hydrogens is 372 g/mol. The summed E-state index contributed by atoms with van der Waals surface area (Å²) in [6, 6.07) is 22.3. The van der Waals surface area contributed by atoms with Crippen molar-refractivity contribution >= 4 is 0 Å². The van der Waals surface area contributed by atoms with E-state index in [9.17, 15) is 15.3 Å². The second kappa shape index (κ2) is 8.50. The molecule has 0 fully saturated rings. The maximum atomic E-state index is 9.65. The molecule has 0 aliphatic heterocycles. The molecule has 3 nitrogen and oxygen atoms in total. The summed E-state index contributed by atoms with van der Waals surface area (Å²) in [5, 5.41) is 28.8.